The summed E-state index contributed by atoms with van der Waals surface area (Å²) < 4.78 is 67.8. The summed E-state index contributed by atoms with van der Waals surface area (Å²) >= 11 is 18.3. The van der Waals surface area contributed by atoms with Crippen LogP contribution < -0.4 is 4.74 Å². The van der Waals surface area contributed by atoms with E-state index in [0.29, 0.717) is 5.75 Å². The molecule has 10 atom stereocenters. The van der Waals surface area contributed by atoms with E-state index < -0.39 is 77.0 Å². The number of carbonyl (C=O) groups excluding carboxylic acids is 1. The first-order valence-corrected chi connectivity index (χ1v) is 23.4. The van der Waals surface area contributed by atoms with Crippen molar-refractivity contribution in [1.29, 1.82) is 5.41 Å². The van der Waals surface area contributed by atoms with E-state index in [9.17, 15) is 10.3 Å². The molecule has 0 aromatic heterocycles. The number of hydrogen-bond acceptors (Lipinski definition) is 14. The summed E-state index contributed by atoms with van der Waals surface area (Å²) in [6.07, 6.45) is -11.6. The Morgan fingerprint density at radius 3 is 1.57 bits per heavy atom. The molecule has 0 unspecified atom stereocenters. The molecule has 2 heterocycles. The molecule has 0 radical (unpaired) electrons. The molecule has 0 aliphatic carbocycles. The fourth-order valence-corrected chi connectivity index (χ4v) is 7.99. The van der Waals surface area contributed by atoms with Crippen LogP contribution in [0.2, 0.25) is 0 Å². The second kappa shape index (κ2) is 26.2. The van der Waals surface area contributed by atoms with Crippen molar-refractivity contribution in [2.24, 2.45) is 5.11 Å². The maximum absolute atomic E-state index is 14.1. The van der Waals surface area contributed by atoms with Crippen LogP contribution in [0.3, 0.4) is 0 Å². The Bertz CT molecular complexity index is 2420. The number of alkyl halides is 3. The maximum Gasteiger partial charge on any atom is 0.337 e. The Kier molecular flexibility index (Phi) is 19.7. The van der Waals surface area contributed by atoms with Crippen LogP contribution in [0, 0.1) is 5.41 Å². The molecule has 0 saturated carbocycles. The van der Waals surface area contributed by atoms with Crippen LogP contribution in [0.25, 0.3) is 10.4 Å². The van der Waals surface area contributed by atoms with Gasteiger partial charge in [0.05, 0.1) is 53.9 Å². The molecule has 2 aliphatic rings. The second-order valence-electron chi connectivity index (χ2n) is 16.1. The summed E-state index contributed by atoms with van der Waals surface area (Å²) in [7, 11) is 2.81. The van der Waals surface area contributed by atoms with Crippen molar-refractivity contribution in [3.05, 3.63) is 184 Å². The summed E-state index contributed by atoms with van der Waals surface area (Å²) in [5.74, 6) is -0.940. The highest BCUT2D eigenvalue weighted by Gasteiger charge is 2.56. The van der Waals surface area contributed by atoms with E-state index in [4.69, 9.17) is 92.3 Å². The number of carbonyl (C=O) groups is 1. The first kappa shape index (κ1) is 52.5. The van der Waals surface area contributed by atoms with Gasteiger partial charge >= 0.3 is 5.97 Å². The highest BCUT2D eigenvalue weighted by molar-refractivity contribution is 6.76. The quantitative estimate of drug-likeness (QED) is 0.0132. The zero-order chi connectivity index (χ0) is 49.3. The number of ether oxygens (including phenoxy) is 11. The molecular weight excluding hydrogens is 967 g/mol. The normalized spacial score (nSPS) is 24.5. The van der Waals surface area contributed by atoms with E-state index in [1.807, 2.05) is 133 Å². The number of rotatable bonds is 22. The van der Waals surface area contributed by atoms with Crippen LogP contribution in [0.5, 0.6) is 5.75 Å². The average molecular weight is 1020 g/mol. The lowest BCUT2D eigenvalue weighted by atomic mass is 9.95. The number of esters is 1. The first-order valence-electron chi connectivity index (χ1n) is 22.3. The molecule has 7 rings (SSSR count). The van der Waals surface area contributed by atoms with E-state index in [2.05, 4.69) is 10.0 Å². The van der Waals surface area contributed by atoms with E-state index in [-0.39, 0.29) is 39.6 Å². The molecule has 16 nitrogen and oxygen atoms in total. The molecule has 0 bridgehead atoms. The highest BCUT2D eigenvalue weighted by Crippen LogP contribution is 2.38. The lowest BCUT2D eigenvalue weighted by Crippen LogP contribution is -2.66. The molecule has 2 aliphatic heterocycles. The van der Waals surface area contributed by atoms with Crippen LogP contribution in [-0.2, 0) is 85.2 Å². The third-order valence-electron chi connectivity index (χ3n) is 11.4. The third kappa shape index (κ3) is 14.6. The molecule has 0 spiro atoms. The van der Waals surface area contributed by atoms with Gasteiger partial charge < -0.3 is 52.1 Å². The van der Waals surface area contributed by atoms with Gasteiger partial charge in [-0.15, -0.1) is 0 Å². The predicted molar refractivity (Wildman–Crippen MR) is 259 cm³/mol. The predicted octanol–water partition coefficient (Wildman–Crippen LogP) is 9.60. The number of benzene rings is 5. The molecule has 5 aromatic carbocycles. The number of methoxy groups -OCH3 is 2. The van der Waals surface area contributed by atoms with Gasteiger partial charge in [-0.05, 0) is 45.5 Å². The van der Waals surface area contributed by atoms with Crippen molar-refractivity contribution in [1.82, 2.24) is 0 Å². The van der Waals surface area contributed by atoms with Gasteiger partial charge in [-0.3, -0.25) is 5.41 Å². The van der Waals surface area contributed by atoms with Gasteiger partial charge in [0.1, 0.15) is 48.4 Å². The SMILES string of the molecule is COC(=O)[C@H]1O[C@@H](O[C@H]2[C@H](OCc3ccccc3)[C@@H](N=[N+]=[N-])[C@H](OC(=N)C(Cl)(Cl)Cl)O[C@@H]2COCc2ccccc2)[C@H](OCc2ccccc2)[C@@H](OCc2ccccc2)[C@@H]1OCc1ccc(OC)cc1. The lowest BCUT2D eigenvalue weighted by Gasteiger charge is -2.49. The van der Waals surface area contributed by atoms with Gasteiger partial charge in [0.2, 0.25) is 12.2 Å². The van der Waals surface area contributed by atoms with Gasteiger partial charge in [-0.2, -0.15) is 0 Å². The number of hydrogen-bond donors (Lipinski definition) is 1. The number of nitrogens with zero attached hydrogens (tertiary/aromatic N) is 3. The minimum atomic E-state index is -2.32. The maximum atomic E-state index is 14.1. The largest absolute Gasteiger partial charge is 0.497 e. The smallest absolute Gasteiger partial charge is 0.337 e. The Balaban J connectivity index is 1.32. The molecule has 5 aromatic rings. The standard InChI is InChI=1S/C51H53Cl3N4O12/c1-60-38-25-23-37(24-26-38)31-64-43-44(65-29-35-19-11-5-12-20-35)46(66-30-36-21-13-6-14-22-36)49(69-45(43)47(59)61-2)68-41-39(32-62-27-33-15-7-3-8-16-33)67-48(70-50(55)51(52,53)54)40(57-58-56)42(41)63-28-34-17-9-4-10-18-34/h3-26,39-46,48-49,55H,27-32H2,1-2H3/t39-,40-,41-,42-,43+,44+,45+,46-,48+,49-/m1/s1. The van der Waals surface area contributed by atoms with Gasteiger partial charge in [0, 0.05) is 4.91 Å². The Labute approximate surface area is 420 Å². The van der Waals surface area contributed by atoms with Crippen molar-refractivity contribution < 1.29 is 56.9 Å². The Morgan fingerprint density at radius 1 is 0.614 bits per heavy atom. The van der Waals surface area contributed by atoms with Gasteiger partial charge in [-0.25, -0.2) is 4.79 Å². The lowest BCUT2D eigenvalue weighted by molar-refractivity contribution is -0.356. The third-order valence-corrected chi connectivity index (χ3v) is 11.9. The summed E-state index contributed by atoms with van der Waals surface area (Å²) in [5.41, 5.74) is 14.1. The van der Waals surface area contributed by atoms with Crippen LogP contribution in [0.15, 0.2) is 151 Å². The monoisotopic (exact) mass is 1020 g/mol. The van der Waals surface area contributed by atoms with Crippen molar-refractivity contribution >= 4 is 46.7 Å². The van der Waals surface area contributed by atoms with Crippen LogP contribution >= 0.6 is 34.8 Å². The summed E-state index contributed by atoms with van der Waals surface area (Å²) in [4.78, 5) is 17.2. The molecule has 0 amide bonds. The molecule has 370 valence electrons. The fraction of sp³-hybridized carbons (Fsp3) is 0.373. The fourth-order valence-electron chi connectivity index (χ4n) is 7.85. The Morgan fingerprint density at radius 2 is 1.09 bits per heavy atom. The molecule has 19 heteroatoms. The van der Waals surface area contributed by atoms with Crippen LogP contribution in [0.1, 0.15) is 27.8 Å². The first-order chi connectivity index (χ1) is 34.0. The summed E-state index contributed by atoms with van der Waals surface area (Å²) in [6.45, 7) is 0.0797. The minimum absolute atomic E-state index is 0.0244. The average Bonchev–Trinajstić information content (AvgIpc) is 3.38. The summed E-state index contributed by atoms with van der Waals surface area (Å²) in [5, 5.41) is 12.6. The minimum Gasteiger partial charge on any atom is -0.497 e. The van der Waals surface area contributed by atoms with Gasteiger partial charge in [0.15, 0.2) is 12.4 Å². The van der Waals surface area contributed by atoms with Crippen molar-refractivity contribution in [3.8, 4) is 5.75 Å². The van der Waals surface area contributed by atoms with E-state index in [1.54, 1.807) is 19.2 Å². The number of halogens is 3. The van der Waals surface area contributed by atoms with Gasteiger partial charge in [0.25, 0.3) is 3.79 Å². The van der Waals surface area contributed by atoms with E-state index >= 15 is 0 Å². The molecule has 1 N–H and O–H groups in total. The van der Waals surface area contributed by atoms with E-state index in [1.165, 1.54) is 7.11 Å². The zero-order valence-corrected chi connectivity index (χ0v) is 40.5. The molecule has 2 fully saturated rings. The molecule has 70 heavy (non-hydrogen) atoms. The van der Waals surface area contributed by atoms with E-state index in [0.717, 1.165) is 27.8 Å². The van der Waals surface area contributed by atoms with Crippen molar-refractivity contribution in [2.45, 2.75) is 98.2 Å². The summed E-state index contributed by atoms with van der Waals surface area (Å²) in [6, 6.07) is 43.5. The number of azide groups is 1. The molecule has 2 saturated heterocycles. The second-order valence-corrected chi connectivity index (χ2v) is 18.4. The zero-order valence-electron chi connectivity index (χ0n) is 38.2. The highest BCUT2D eigenvalue weighted by atomic mass is 35.6. The molecular formula is C51H53Cl3N4O12. The van der Waals surface area contributed by atoms with Crippen LogP contribution in [0.4, 0.5) is 0 Å². The van der Waals surface area contributed by atoms with Crippen molar-refractivity contribution in [2.75, 3.05) is 20.8 Å². The number of nitrogens with one attached hydrogen (secondary N) is 1. The van der Waals surface area contributed by atoms with Crippen molar-refractivity contribution in [3.63, 3.8) is 0 Å². The Hall–Kier alpha value is -5.30. The van der Waals surface area contributed by atoms with Gasteiger partial charge in [-0.1, -0.05) is 173 Å². The topological polar surface area (TPSA) is 191 Å². The van der Waals surface area contributed by atoms with Crippen LogP contribution in [-0.4, -0.2) is 97.8 Å².